The molecule has 3 heteroatoms. The number of nitrogens with zero attached hydrogens (tertiary/aromatic N) is 2. The molecular weight excluding hydrogens is 174 g/mol. The molecule has 2 N–H and O–H groups in total. The van der Waals surface area contributed by atoms with Crippen LogP contribution in [0.15, 0.2) is 30.5 Å². The van der Waals surface area contributed by atoms with Gasteiger partial charge in [0.1, 0.15) is 0 Å². The maximum absolute atomic E-state index is 5.69. The van der Waals surface area contributed by atoms with Crippen LogP contribution in [-0.2, 0) is 6.54 Å². The summed E-state index contributed by atoms with van der Waals surface area (Å²) in [5, 5.41) is 4.26. The molecule has 0 aliphatic heterocycles. The van der Waals surface area contributed by atoms with Gasteiger partial charge < -0.3 is 5.73 Å². The summed E-state index contributed by atoms with van der Waals surface area (Å²) in [6, 6.07) is 0. The molecule has 0 aliphatic rings. The zero-order chi connectivity index (χ0) is 10.6. The molecule has 1 rings (SSSR count). The highest BCUT2D eigenvalue weighted by atomic mass is 15.3. The van der Waals surface area contributed by atoms with E-state index in [1.54, 1.807) is 0 Å². The summed E-state index contributed by atoms with van der Waals surface area (Å²) in [6.07, 6.45) is 6.97. The highest BCUT2D eigenvalue weighted by Gasteiger charge is 2.00. The summed E-state index contributed by atoms with van der Waals surface area (Å²) in [5.74, 6) is 0. The van der Waals surface area contributed by atoms with Crippen molar-refractivity contribution in [1.82, 2.24) is 9.78 Å². The topological polar surface area (TPSA) is 43.8 Å². The van der Waals surface area contributed by atoms with Crippen LogP contribution in [0, 0.1) is 6.92 Å². The van der Waals surface area contributed by atoms with E-state index in [1.165, 1.54) is 0 Å². The molecule has 0 fully saturated rings. The zero-order valence-electron chi connectivity index (χ0n) is 8.83. The van der Waals surface area contributed by atoms with Crippen LogP contribution in [0.3, 0.4) is 0 Å². The minimum absolute atomic E-state index is 0.703. The second-order valence-electron chi connectivity index (χ2n) is 3.34. The Morgan fingerprint density at radius 2 is 2.43 bits per heavy atom. The van der Waals surface area contributed by atoms with Crippen molar-refractivity contribution in [3.63, 3.8) is 0 Å². The van der Waals surface area contributed by atoms with Crippen LogP contribution in [0.25, 0.3) is 0 Å². The lowest BCUT2D eigenvalue weighted by molar-refractivity contribution is 0.680. The van der Waals surface area contributed by atoms with E-state index >= 15 is 0 Å². The molecule has 14 heavy (non-hydrogen) atoms. The molecule has 0 atom stereocenters. The van der Waals surface area contributed by atoms with Crippen molar-refractivity contribution < 1.29 is 0 Å². The van der Waals surface area contributed by atoms with Crippen LogP contribution in [0.2, 0.25) is 0 Å². The Morgan fingerprint density at radius 3 is 2.93 bits per heavy atom. The van der Waals surface area contributed by atoms with Crippen LogP contribution in [0.1, 0.15) is 19.0 Å². The molecule has 0 aromatic carbocycles. The Labute approximate surface area is 84.9 Å². The first-order valence-electron chi connectivity index (χ1n) is 4.77. The van der Waals surface area contributed by atoms with Crippen LogP contribution in [0.4, 0.5) is 5.69 Å². The molecule has 0 bridgehead atoms. The summed E-state index contributed by atoms with van der Waals surface area (Å²) in [7, 11) is 0. The Morgan fingerprint density at radius 1 is 1.71 bits per heavy atom. The van der Waals surface area contributed by atoms with Gasteiger partial charge in [-0.2, -0.15) is 5.10 Å². The van der Waals surface area contributed by atoms with Crippen LogP contribution < -0.4 is 5.73 Å². The third-order valence-corrected chi connectivity index (χ3v) is 1.94. The number of anilines is 1. The van der Waals surface area contributed by atoms with E-state index in [1.807, 2.05) is 23.9 Å². The second-order valence-corrected chi connectivity index (χ2v) is 3.34. The van der Waals surface area contributed by atoms with Crippen molar-refractivity contribution in [2.75, 3.05) is 5.73 Å². The highest BCUT2D eigenvalue weighted by Crippen LogP contribution is 2.08. The average molecular weight is 191 g/mol. The van der Waals surface area contributed by atoms with Crippen molar-refractivity contribution in [2.45, 2.75) is 26.8 Å². The smallest absolute Gasteiger partial charge is 0.0823 e. The number of hydrogen-bond acceptors (Lipinski definition) is 2. The molecule has 0 amide bonds. The first-order chi connectivity index (χ1) is 6.63. The zero-order valence-corrected chi connectivity index (χ0v) is 8.83. The number of hydrogen-bond donors (Lipinski definition) is 1. The molecule has 3 nitrogen and oxygen atoms in total. The molecule has 76 valence electrons. The van der Waals surface area contributed by atoms with Gasteiger partial charge in [0, 0.05) is 6.20 Å². The molecule has 1 heterocycles. The lowest BCUT2D eigenvalue weighted by Gasteiger charge is -1.99. The maximum Gasteiger partial charge on any atom is 0.0823 e. The van der Waals surface area contributed by atoms with Crippen LogP contribution in [-0.4, -0.2) is 9.78 Å². The number of allylic oxidation sites excluding steroid dienone is 3. The standard InChI is InChI=1S/C11H17N3/c1-4-5-6-9(2)7-14-8-11(12)10(3)13-14/h5-6,8H,2,4,7,12H2,1,3H3/b6-5-. The molecule has 1 aromatic rings. The van der Waals surface area contributed by atoms with Crippen molar-refractivity contribution in [3.05, 3.63) is 36.2 Å². The molecule has 0 spiro atoms. The van der Waals surface area contributed by atoms with Gasteiger partial charge in [-0.25, -0.2) is 0 Å². The Hall–Kier alpha value is -1.51. The summed E-state index contributed by atoms with van der Waals surface area (Å²) in [5.41, 5.74) is 8.33. The van der Waals surface area contributed by atoms with Crippen molar-refractivity contribution in [2.24, 2.45) is 0 Å². The Bertz CT molecular complexity index is 328. The van der Waals surface area contributed by atoms with Gasteiger partial charge >= 0.3 is 0 Å². The summed E-state index contributed by atoms with van der Waals surface area (Å²) < 4.78 is 1.81. The van der Waals surface area contributed by atoms with Gasteiger partial charge in [0.25, 0.3) is 0 Å². The lowest BCUT2D eigenvalue weighted by atomic mass is 10.2. The van der Waals surface area contributed by atoms with Gasteiger partial charge in [0.05, 0.1) is 17.9 Å². The molecule has 0 saturated heterocycles. The van der Waals surface area contributed by atoms with Crippen molar-refractivity contribution >= 4 is 5.69 Å². The number of aryl methyl sites for hydroxylation is 1. The van der Waals surface area contributed by atoms with E-state index in [0.29, 0.717) is 6.54 Å². The normalized spacial score (nSPS) is 11.0. The van der Waals surface area contributed by atoms with Crippen molar-refractivity contribution in [1.29, 1.82) is 0 Å². The fraction of sp³-hybridized carbons (Fsp3) is 0.364. The molecule has 0 radical (unpaired) electrons. The van der Waals surface area contributed by atoms with Gasteiger partial charge in [-0.3, -0.25) is 4.68 Å². The molecule has 1 aromatic heterocycles. The maximum atomic E-state index is 5.69. The van der Waals surface area contributed by atoms with E-state index in [0.717, 1.165) is 23.4 Å². The highest BCUT2D eigenvalue weighted by molar-refractivity contribution is 5.39. The monoisotopic (exact) mass is 191 g/mol. The minimum Gasteiger partial charge on any atom is -0.396 e. The Kier molecular flexibility index (Phi) is 3.51. The lowest BCUT2D eigenvalue weighted by Crippen LogP contribution is -1.99. The predicted octanol–water partition coefficient (Wildman–Crippen LogP) is 2.30. The average Bonchev–Trinajstić information content (AvgIpc) is 2.42. The largest absolute Gasteiger partial charge is 0.396 e. The minimum atomic E-state index is 0.703. The SMILES string of the molecule is C=C(/C=C\CC)Cn1cc(N)c(C)n1. The van der Waals surface area contributed by atoms with Gasteiger partial charge in [-0.1, -0.05) is 25.7 Å². The molecule has 0 unspecified atom stereocenters. The quantitative estimate of drug-likeness (QED) is 0.742. The number of nitrogen functional groups attached to an aromatic ring is 1. The van der Waals surface area contributed by atoms with Gasteiger partial charge in [-0.15, -0.1) is 0 Å². The first-order valence-corrected chi connectivity index (χ1v) is 4.77. The van der Waals surface area contributed by atoms with E-state index < -0.39 is 0 Å². The van der Waals surface area contributed by atoms with Crippen molar-refractivity contribution in [3.8, 4) is 0 Å². The number of aromatic nitrogens is 2. The van der Waals surface area contributed by atoms with E-state index in [-0.39, 0.29) is 0 Å². The van der Waals surface area contributed by atoms with Crippen LogP contribution in [0.5, 0.6) is 0 Å². The van der Waals surface area contributed by atoms with Gasteiger partial charge in [0.2, 0.25) is 0 Å². The fourth-order valence-corrected chi connectivity index (χ4v) is 1.16. The first kappa shape index (κ1) is 10.6. The predicted molar refractivity (Wildman–Crippen MR) is 59.9 cm³/mol. The molecular formula is C11H17N3. The third-order valence-electron chi connectivity index (χ3n) is 1.94. The van der Waals surface area contributed by atoms with Crippen LogP contribution >= 0.6 is 0 Å². The number of rotatable bonds is 4. The molecule has 0 saturated carbocycles. The fourth-order valence-electron chi connectivity index (χ4n) is 1.16. The number of nitrogens with two attached hydrogens (primary N) is 1. The second kappa shape index (κ2) is 4.65. The summed E-state index contributed by atoms with van der Waals surface area (Å²) in [6.45, 7) is 8.64. The van der Waals surface area contributed by atoms with E-state index in [4.69, 9.17) is 5.73 Å². The third kappa shape index (κ3) is 2.76. The molecule has 0 aliphatic carbocycles. The summed E-state index contributed by atoms with van der Waals surface area (Å²) >= 11 is 0. The van der Waals surface area contributed by atoms with Gasteiger partial charge in [0.15, 0.2) is 0 Å². The summed E-state index contributed by atoms with van der Waals surface area (Å²) in [4.78, 5) is 0. The van der Waals surface area contributed by atoms with E-state index in [9.17, 15) is 0 Å². The Balaban J connectivity index is 2.60. The van der Waals surface area contributed by atoms with E-state index in [2.05, 4.69) is 24.7 Å². The van der Waals surface area contributed by atoms with Gasteiger partial charge in [-0.05, 0) is 18.9 Å².